The van der Waals surface area contributed by atoms with E-state index in [2.05, 4.69) is 4.90 Å². The maximum atomic E-state index is 13.7. The summed E-state index contributed by atoms with van der Waals surface area (Å²) in [5.41, 5.74) is 1.05. The van der Waals surface area contributed by atoms with Gasteiger partial charge in [0, 0.05) is 24.6 Å². The number of para-hydroxylation sites is 1. The number of carbonyl (C=O) groups is 1. The van der Waals surface area contributed by atoms with Crippen LogP contribution < -0.4 is 9.47 Å². The first-order valence-electron chi connectivity index (χ1n) is 9.57. The molecule has 0 bridgehead atoms. The number of benzene rings is 2. The van der Waals surface area contributed by atoms with Crippen molar-refractivity contribution in [3.8, 4) is 17.2 Å². The van der Waals surface area contributed by atoms with Crippen molar-refractivity contribution in [2.24, 2.45) is 5.92 Å². The Hall–Kier alpha value is -2.60. The number of piperidine rings is 1. The molecule has 2 aromatic rings. The van der Waals surface area contributed by atoms with Crippen LogP contribution in [0.4, 0.5) is 4.39 Å². The van der Waals surface area contributed by atoms with Gasteiger partial charge in [-0.15, -0.1) is 0 Å². The summed E-state index contributed by atoms with van der Waals surface area (Å²) in [6.07, 6.45) is 1.61. The van der Waals surface area contributed by atoms with Gasteiger partial charge >= 0.3 is 0 Å². The molecule has 6 heteroatoms. The van der Waals surface area contributed by atoms with E-state index in [1.807, 2.05) is 19.1 Å². The van der Waals surface area contributed by atoms with Crippen LogP contribution in [0.15, 0.2) is 36.4 Å². The van der Waals surface area contributed by atoms with Gasteiger partial charge < -0.3 is 14.6 Å². The lowest BCUT2D eigenvalue weighted by atomic mass is 9.89. The van der Waals surface area contributed by atoms with Crippen molar-refractivity contribution in [2.75, 3.05) is 26.8 Å². The highest BCUT2D eigenvalue weighted by Gasteiger charge is 2.29. The Labute approximate surface area is 164 Å². The fraction of sp³-hybridized carbons (Fsp3) is 0.409. The second kappa shape index (κ2) is 9.06. The number of phenolic OH excluding ortho intramolecular Hbond substituents is 1. The van der Waals surface area contributed by atoms with E-state index in [-0.39, 0.29) is 23.0 Å². The lowest BCUT2D eigenvalue weighted by Gasteiger charge is -2.32. The molecular weight excluding hydrogens is 361 g/mol. The number of likely N-dealkylation sites (tertiary alicyclic amines) is 1. The Kier molecular flexibility index (Phi) is 6.52. The highest BCUT2D eigenvalue weighted by Crippen LogP contribution is 2.32. The topological polar surface area (TPSA) is 59.0 Å². The molecule has 1 heterocycles. The first kappa shape index (κ1) is 20.1. The van der Waals surface area contributed by atoms with Gasteiger partial charge in [-0.05, 0) is 50.6 Å². The third kappa shape index (κ3) is 4.44. The molecule has 0 aromatic heterocycles. The average Bonchev–Trinajstić information content (AvgIpc) is 2.71. The van der Waals surface area contributed by atoms with E-state index in [0.29, 0.717) is 31.2 Å². The summed E-state index contributed by atoms with van der Waals surface area (Å²) in [5.74, 6) is 0.216. The SMILES string of the molecule is CCOc1cccc(CN2CCC[C@@H](C(=O)c3cc(F)ccc3OC)C2)c1O. The maximum absolute atomic E-state index is 13.7. The third-order valence-corrected chi connectivity index (χ3v) is 5.08. The molecule has 1 N–H and O–H groups in total. The Bertz CT molecular complexity index is 839. The summed E-state index contributed by atoms with van der Waals surface area (Å²) in [4.78, 5) is 15.1. The molecule has 0 saturated carbocycles. The zero-order valence-electron chi connectivity index (χ0n) is 16.3. The number of carbonyl (C=O) groups excluding carboxylic acids is 1. The molecule has 1 aliphatic rings. The van der Waals surface area contributed by atoms with Crippen molar-refractivity contribution in [1.82, 2.24) is 4.90 Å². The van der Waals surface area contributed by atoms with Crippen LogP contribution in [-0.2, 0) is 6.54 Å². The van der Waals surface area contributed by atoms with Gasteiger partial charge in [-0.25, -0.2) is 4.39 Å². The molecule has 150 valence electrons. The van der Waals surface area contributed by atoms with E-state index < -0.39 is 5.82 Å². The fourth-order valence-corrected chi connectivity index (χ4v) is 3.71. The predicted molar refractivity (Wildman–Crippen MR) is 105 cm³/mol. The minimum Gasteiger partial charge on any atom is -0.504 e. The molecule has 0 radical (unpaired) electrons. The molecule has 1 atom stereocenters. The highest BCUT2D eigenvalue weighted by molar-refractivity contribution is 6.00. The smallest absolute Gasteiger partial charge is 0.171 e. The summed E-state index contributed by atoms with van der Waals surface area (Å²) >= 11 is 0. The van der Waals surface area contributed by atoms with Crippen molar-refractivity contribution in [1.29, 1.82) is 0 Å². The summed E-state index contributed by atoms with van der Waals surface area (Å²) in [6, 6.07) is 9.47. The molecule has 3 rings (SSSR count). The Morgan fingerprint density at radius 3 is 2.86 bits per heavy atom. The second-order valence-electron chi connectivity index (χ2n) is 6.98. The van der Waals surface area contributed by atoms with E-state index in [9.17, 15) is 14.3 Å². The first-order chi connectivity index (χ1) is 13.5. The minimum atomic E-state index is -0.450. The van der Waals surface area contributed by atoms with Gasteiger partial charge in [0.05, 0.1) is 19.3 Å². The molecule has 0 aliphatic carbocycles. The molecule has 1 fully saturated rings. The number of Topliss-reactive ketones (excluding diaryl/α,β-unsaturated/α-hetero) is 1. The summed E-state index contributed by atoms with van der Waals surface area (Å²) in [5, 5.41) is 10.4. The number of nitrogens with zero attached hydrogens (tertiary/aromatic N) is 1. The van der Waals surface area contributed by atoms with Crippen molar-refractivity contribution in [3.63, 3.8) is 0 Å². The number of phenols is 1. The number of hydrogen-bond acceptors (Lipinski definition) is 5. The van der Waals surface area contributed by atoms with E-state index in [0.717, 1.165) is 24.9 Å². The normalized spacial score (nSPS) is 17.3. The van der Waals surface area contributed by atoms with Crippen LogP contribution >= 0.6 is 0 Å². The zero-order valence-corrected chi connectivity index (χ0v) is 16.3. The molecule has 28 heavy (non-hydrogen) atoms. The molecule has 0 spiro atoms. The number of aromatic hydroxyl groups is 1. The minimum absolute atomic E-state index is 0.103. The van der Waals surface area contributed by atoms with Crippen LogP contribution in [0.25, 0.3) is 0 Å². The maximum Gasteiger partial charge on any atom is 0.171 e. The number of halogens is 1. The van der Waals surface area contributed by atoms with Crippen molar-refractivity contribution < 1.29 is 23.8 Å². The molecule has 0 unspecified atom stereocenters. The van der Waals surface area contributed by atoms with Crippen LogP contribution in [0.1, 0.15) is 35.7 Å². The Balaban J connectivity index is 1.74. The predicted octanol–water partition coefficient (Wildman–Crippen LogP) is 4.03. The average molecular weight is 387 g/mol. The quantitative estimate of drug-likeness (QED) is 0.727. The van der Waals surface area contributed by atoms with Gasteiger partial charge in [-0.2, -0.15) is 0 Å². The van der Waals surface area contributed by atoms with Crippen molar-refractivity contribution >= 4 is 5.78 Å². The number of methoxy groups -OCH3 is 1. The van der Waals surface area contributed by atoms with E-state index >= 15 is 0 Å². The molecule has 1 saturated heterocycles. The molecule has 0 amide bonds. The van der Waals surface area contributed by atoms with Gasteiger partial charge in [-0.3, -0.25) is 9.69 Å². The van der Waals surface area contributed by atoms with Crippen LogP contribution in [0, 0.1) is 11.7 Å². The molecule has 5 nitrogen and oxygen atoms in total. The number of rotatable bonds is 7. The van der Waals surface area contributed by atoms with Gasteiger partial charge in [0.15, 0.2) is 17.3 Å². The summed E-state index contributed by atoms with van der Waals surface area (Å²) in [6.45, 7) is 4.26. The lowest BCUT2D eigenvalue weighted by molar-refractivity contribution is 0.0807. The van der Waals surface area contributed by atoms with Crippen LogP contribution in [-0.4, -0.2) is 42.6 Å². The Morgan fingerprint density at radius 1 is 1.29 bits per heavy atom. The summed E-state index contributed by atoms with van der Waals surface area (Å²) < 4.78 is 24.3. The van der Waals surface area contributed by atoms with E-state index in [4.69, 9.17) is 9.47 Å². The van der Waals surface area contributed by atoms with Gasteiger partial charge in [-0.1, -0.05) is 12.1 Å². The van der Waals surface area contributed by atoms with Gasteiger partial charge in [0.25, 0.3) is 0 Å². The second-order valence-corrected chi connectivity index (χ2v) is 6.98. The van der Waals surface area contributed by atoms with Crippen molar-refractivity contribution in [2.45, 2.75) is 26.3 Å². The largest absolute Gasteiger partial charge is 0.504 e. The molecular formula is C22H26FNO4. The van der Waals surface area contributed by atoms with E-state index in [1.165, 1.54) is 25.3 Å². The lowest BCUT2D eigenvalue weighted by Crippen LogP contribution is -2.38. The zero-order chi connectivity index (χ0) is 20.1. The standard InChI is InChI=1S/C22H26FNO4/c1-3-28-20-8-4-6-16(22(20)26)14-24-11-5-7-15(13-24)21(25)18-12-17(23)9-10-19(18)27-2/h4,6,8-10,12,15,26H,3,5,7,11,13-14H2,1-2H3/t15-/m1/s1. The van der Waals surface area contributed by atoms with Gasteiger partial charge in [0.2, 0.25) is 0 Å². The highest BCUT2D eigenvalue weighted by atomic mass is 19.1. The summed E-state index contributed by atoms with van der Waals surface area (Å²) in [7, 11) is 1.48. The number of ketones is 1. The van der Waals surface area contributed by atoms with E-state index in [1.54, 1.807) is 6.07 Å². The van der Waals surface area contributed by atoms with Crippen LogP contribution in [0.5, 0.6) is 17.2 Å². The fourth-order valence-electron chi connectivity index (χ4n) is 3.71. The Morgan fingerprint density at radius 2 is 2.11 bits per heavy atom. The van der Waals surface area contributed by atoms with Crippen LogP contribution in [0.3, 0.4) is 0 Å². The molecule has 2 aromatic carbocycles. The van der Waals surface area contributed by atoms with Crippen molar-refractivity contribution in [3.05, 3.63) is 53.3 Å². The first-order valence-corrected chi connectivity index (χ1v) is 9.57. The third-order valence-electron chi connectivity index (χ3n) is 5.08. The number of ether oxygens (including phenoxy) is 2. The van der Waals surface area contributed by atoms with Gasteiger partial charge in [0.1, 0.15) is 11.6 Å². The van der Waals surface area contributed by atoms with Crippen LogP contribution in [0.2, 0.25) is 0 Å². The number of hydrogen-bond donors (Lipinski definition) is 1. The molecule has 1 aliphatic heterocycles. The monoisotopic (exact) mass is 387 g/mol.